The molecule has 7 heteroatoms. The van der Waals surface area contributed by atoms with Gasteiger partial charge >= 0.3 is 5.97 Å². The molecule has 0 atom stereocenters. The molecule has 1 heterocycles. The van der Waals surface area contributed by atoms with Crippen LogP contribution in [-0.2, 0) is 4.74 Å². The number of ether oxygens (including phenoxy) is 1. The lowest BCUT2D eigenvalue weighted by Gasteiger charge is -1.96. The molecule has 0 aromatic heterocycles. The Morgan fingerprint density at radius 3 is 1.72 bits per heavy atom. The van der Waals surface area contributed by atoms with Gasteiger partial charge in [0, 0.05) is 32.3 Å². The molecule has 1 saturated heterocycles. The topological polar surface area (TPSA) is 89.6 Å². The molecule has 5 nitrogen and oxygen atoms in total. The van der Waals surface area contributed by atoms with Crippen molar-refractivity contribution in [3.05, 3.63) is 66.8 Å². The minimum atomic E-state index is -0.876. The lowest BCUT2D eigenvalue weighted by Crippen LogP contribution is -1.95. The summed E-state index contributed by atoms with van der Waals surface area (Å²) in [6.45, 7) is 3.88. The number of hydrogen-bond acceptors (Lipinski definition) is 4. The molecule has 0 amide bonds. The maximum Gasteiger partial charge on any atom is 0.335 e. The van der Waals surface area contributed by atoms with Crippen molar-refractivity contribution in [1.82, 2.24) is 0 Å². The second-order valence-corrected chi connectivity index (χ2v) is 7.91. The van der Waals surface area contributed by atoms with Gasteiger partial charge in [-0.15, -0.1) is 0 Å². The largest absolute Gasteiger partial charge is 0.478 e. The summed E-state index contributed by atoms with van der Waals surface area (Å²) in [4.78, 5) is 21.5. The average molecular weight is 627 g/mol. The molecule has 0 radical (unpaired) electrons. The van der Waals surface area contributed by atoms with E-state index in [1.165, 1.54) is 19.9 Å². The van der Waals surface area contributed by atoms with Gasteiger partial charge in [0.1, 0.15) is 0 Å². The van der Waals surface area contributed by atoms with Crippen molar-refractivity contribution in [2.75, 3.05) is 20.3 Å². The first kappa shape index (κ1) is 30.2. The Hall–Kier alpha value is -1.04. The van der Waals surface area contributed by atoms with E-state index < -0.39 is 5.97 Å². The molecule has 0 saturated carbocycles. The molecule has 2 aromatic carbocycles. The summed E-state index contributed by atoms with van der Waals surface area (Å²) < 4.78 is 7.00. The molecule has 0 unspecified atom stereocenters. The molecule has 0 bridgehead atoms. The van der Waals surface area contributed by atoms with Crippen molar-refractivity contribution in [3.8, 4) is 0 Å². The van der Waals surface area contributed by atoms with Gasteiger partial charge in [0.2, 0.25) is 0 Å². The summed E-state index contributed by atoms with van der Waals surface area (Å²) >= 11 is 4.28. The van der Waals surface area contributed by atoms with Crippen molar-refractivity contribution >= 4 is 56.9 Å². The van der Waals surface area contributed by atoms with Crippen LogP contribution in [0.4, 0.5) is 0 Å². The van der Waals surface area contributed by atoms with Crippen LogP contribution >= 0.6 is 45.2 Å². The smallest absolute Gasteiger partial charge is 0.335 e. The number of benzene rings is 2. The number of carboxylic acids is 1. The van der Waals surface area contributed by atoms with E-state index in [1.54, 1.807) is 18.2 Å². The van der Waals surface area contributed by atoms with Crippen LogP contribution in [0.15, 0.2) is 48.5 Å². The highest BCUT2D eigenvalue weighted by atomic mass is 127. The van der Waals surface area contributed by atoms with E-state index >= 15 is 0 Å². The molecule has 1 fully saturated rings. The van der Waals surface area contributed by atoms with Crippen molar-refractivity contribution in [1.29, 1.82) is 0 Å². The zero-order valence-corrected chi connectivity index (χ0v) is 20.5. The van der Waals surface area contributed by atoms with Crippen LogP contribution in [0.25, 0.3) is 0 Å². The van der Waals surface area contributed by atoms with Crippen LogP contribution in [-0.4, -0.2) is 37.1 Å². The highest BCUT2D eigenvalue weighted by molar-refractivity contribution is 14.1. The number of carbonyl (C=O) groups excluding carboxylic acids is 1. The van der Waals surface area contributed by atoms with Gasteiger partial charge < -0.3 is 15.6 Å². The molecule has 162 valence electrons. The fourth-order valence-electron chi connectivity index (χ4n) is 2.00. The highest BCUT2D eigenvalue weighted by Crippen LogP contribution is 2.09. The van der Waals surface area contributed by atoms with Gasteiger partial charge in [-0.2, -0.15) is 0 Å². The first-order valence-corrected chi connectivity index (χ1v) is 11.0. The first-order chi connectivity index (χ1) is 13.4. The molecule has 0 spiro atoms. The number of carboxylic acid groups (broad SMARTS) is 1. The molecular formula is C22H31I2NO4. The minimum absolute atomic E-state index is 0. The van der Waals surface area contributed by atoms with Crippen molar-refractivity contribution in [3.63, 3.8) is 0 Å². The number of nitrogens with two attached hydrogens (primary N) is 1. The zero-order chi connectivity index (χ0) is 21.4. The number of Topliss-reactive ketones (excluding diaryl/α,β-unsaturated/α-hetero) is 1. The number of carbonyl (C=O) groups is 2. The summed E-state index contributed by atoms with van der Waals surface area (Å²) in [5, 5.41) is 8.51. The van der Waals surface area contributed by atoms with E-state index in [9.17, 15) is 9.59 Å². The summed E-state index contributed by atoms with van der Waals surface area (Å²) in [6.07, 6.45) is 3.14. The zero-order valence-electron chi connectivity index (χ0n) is 16.2. The summed E-state index contributed by atoms with van der Waals surface area (Å²) in [5.74, 6) is -0.665. The van der Waals surface area contributed by atoms with Crippen LogP contribution in [0, 0.1) is 7.14 Å². The molecule has 3 rings (SSSR count). The van der Waals surface area contributed by atoms with E-state index in [0.717, 1.165) is 25.9 Å². The summed E-state index contributed by atoms with van der Waals surface area (Å²) in [5.41, 5.74) is 5.66. The third-order valence-electron chi connectivity index (χ3n) is 3.37. The normalized spacial score (nSPS) is 11.2. The Morgan fingerprint density at radius 1 is 0.966 bits per heavy atom. The summed E-state index contributed by atoms with van der Waals surface area (Å²) in [6, 6.07) is 14.4. The Morgan fingerprint density at radius 2 is 1.41 bits per heavy atom. The fourth-order valence-corrected chi connectivity index (χ4v) is 3.08. The summed E-state index contributed by atoms with van der Waals surface area (Å²) in [7, 11) is 1.50. The number of rotatable bonds is 3. The molecule has 1 aliphatic heterocycles. The van der Waals surface area contributed by atoms with E-state index in [4.69, 9.17) is 9.84 Å². The maximum absolute atomic E-state index is 11.2. The van der Waals surface area contributed by atoms with E-state index in [1.807, 2.05) is 37.3 Å². The van der Waals surface area contributed by atoms with E-state index in [-0.39, 0.29) is 13.2 Å². The maximum atomic E-state index is 11.2. The van der Waals surface area contributed by atoms with Gasteiger partial charge in [0.15, 0.2) is 5.78 Å². The highest BCUT2D eigenvalue weighted by Gasteiger charge is 2.01. The molecular weight excluding hydrogens is 596 g/mol. The standard InChI is InChI=1S/C9H9IO.C7H5IO2.C4H8O.CH5N.CH4/c1-2-9(11)7-4-3-5-8(10)6-7;8-6-3-1-2-5(4-6)7(9)10;1-2-4-5-3-1;1-2;/h3-6H,2H2,1H3;1-4H,(H,9,10);1-4H2;2H2,1H3;1H4. The van der Waals surface area contributed by atoms with Crippen LogP contribution in [0.1, 0.15) is 54.3 Å². The van der Waals surface area contributed by atoms with Gasteiger partial charge in [-0.1, -0.05) is 32.5 Å². The van der Waals surface area contributed by atoms with Gasteiger partial charge in [-0.3, -0.25) is 4.79 Å². The van der Waals surface area contributed by atoms with Crippen LogP contribution in [0.3, 0.4) is 0 Å². The van der Waals surface area contributed by atoms with Gasteiger partial charge in [0.25, 0.3) is 0 Å². The minimum Gasteiger partial charge on any atom is -0.478 e. The number of hydrogen-bond donors (Lipinski definition) is 2. The predicted molar refractivity (Wildman–Crippen MR) is 137 cm³/mol. The fraction of sp³-hybridized carbons (Fsp3) is 0.364. The Balaban J connectivity index is 0. The Kier molecular flexibility index (Phi) is 19.7. The molecule has 1 aliphatic rings. The first-order valence-electron chi connectivity index (χ1n) is 8.87. The van der Waals surface area contributed by atoms with Gasteiger partial charge in [-0.25, -0.2) is 4.79 Å². The Labute approximate surface area is 201 Å². The van der Waals surface area contributed by atoms with Gasteiger partial charge in [0.05, 0.1) is 5.56 Å². The van der Waals surface area contributed by atoms with Crippen molar-refractivity contribution in [2.24, 2.45) is 5.73 Å². The predicted octanol–water partition coefficient (Wildman–Crippen LogP) is 5.88. The average Bonchev–Trinajstić information content (AvgIpc) is 3.29. The molecule has 2 aromatic rings. The number of aromatic carboxylic acids is 1. The third-order valence-corrected chi connectivity index (χ3v) is 4.71. The second-order valence-electron chi connectivity index (χ2n) is 5.42. The lowest BCUT2D eigenvalue weighted by molar-refractivity contribution is 0.0696. The van der Waals surface area contributed by atoms with E-state index in [0.29, 0.717) is 12.0 Å². The SMILES string of the molecule is C.C1CCOC1.CCC(=O)c1cccc(I)c1.CN.O=C(O)c1cccc(I)c1. The van der Waals surface area contributed by atoms with Crippen LogP contribution in [0.2, 0.25) is 0 Å². The van der Waals surface area contributed by atoms with Crippen LogP contribution < -0.4 is 5.73 Å². The van der Waals surface area contributed by atoms with Gasteiger partial charge in [-0.05, 0) is 95.4 Å². The number of ketones is 1. The molecule has 0 aliphatic carbocycles. The quantitative estimate of drug-likeness (QED) is 0.328. The molecule has 29 heavy (non-hydrogen) atoms. The van der Waals surface area contributed by atoms with Crippen molar-refractivity contribution in [2.45, 2.75) is 33.6 Å². The van der Waals surface area contributed by atoms with Crippen molar-refractivity contribution < 1.29 is 19.4 Å². The Bertz CT molecular complexity index is 712. The lowest BCUT2D eigenvalue weighted by atomic mass is 10.1. The van der Waals surface area contributed by atoms with E-state index in [2.05, 4.69) is 50.9 Å². The molecule has 3 N–H and O–H groups in total. The number of halogens is 2. The van der Waals surface area contributed by atoms with Crippen LogP contribution in [0.5, 0.6) is 0 Å². The second kappa shape index (κ2) is 19.0. The third kappa shape index (κ3) is 14.6. The monoisotopic (exact) mass is 627 g/mol.